The first-order valence-electron chi connectivity index (χ1n) is 6.30. The van der Waals surface area contributed by atoms with Crippen LogP contribution in [0.15, 0.2) is 30.3 Å². The number of hydrogen-bond acceptors (Lipinski definition) is 5. The van der Waals surface area contributed by atoms with E-state index in [0.717, 1.165) is 16.9 Å². The zero-order valence-corrected chi connectivity index (χ0v) is 13.5. The molecule has 2 rings (SSSR count). The fourth-order valence-corrected chi connectivity index (χ4v) is 2.74. The average Bonchev–Trinajstić information content (AvgIpc) is 2.86. The average molecular weight is 337 g/mol. The molecule has 2 aromatic rings. The van der Waals surface area contributed by atoms with E-state index in [-0.39, 0.29) is 5.91 Å². The smallest absolute Gasteiger partial charge is 0.350 e. The molecule has 5 nitrogen and oxygen atoms in total. The number of methoxy groups -OCH3 is 1. The molecule has 0 unspecified atom stereocenters. The van der Waals surface area contributed by atoms with Crippen LogP contribution in [-0.4, -0.2) is 24.0 Å². The molecule has 0 aliphatic rings. The van der Waals surface area contributed by atoms with Crippen LogP contribution < -0.4 is 5.32 Å². The molecule has 22 heavy (non-hydrogen) atoms. The summed E-state index contributed by atoms with van der Waals surface area (Å²) < 4.78 is 4.64. The first kappa shape index (κ1) is 16.2. The highest BCUT2D eigenvalue weighted by Crippen LogP contribution is 2.23. The lowest BCUT2D eigenvalue weighted by Crippen LogP contribution is -2.07. The van der Waals surface area contributed by atoms with Gasteiger partial charge in [-0.2, -0.15) is 0 Å². The molecule has 0 aliphatic heterocycles. The van der Waals surface area contributed by atoms with Crippen LogP contribution in [0.25, 0.3) is 6.08 Å². The van der Waals surface area contributed by atoms with Crippen molar-refractivity contribution in [3.05, 3.63) is 51.5 Å². The molecule has 0 radical (unpaired) electrons. The summed E-state index contributed by atoms with van der Waals surface area (Å²) in [4.78, 5) is 27.8. The number of aromatic nitrogens is 1. The lowest BCUT2D eigenvalue weighted by molar-refractivity contribution is -0.111. The molecule has 0 fully saturated rings. The molecule has 0 atom stereocenters. The minimum Gasteiger partial charge on any atom is -0.465 e. The van der Waals surface area contributed by atoms with Crippen molar-refractivity contribution in [1.29, 1.82) is 0 Å². The number of amides is 1. The number of nitrogens with zero attached hydrogens (tertiary/aromatic N) is 1. The first-order valence-corrected chi connectivity index (χ1v) is 7.50. The summed E-state index contributed by atoms with van der Waals surface area (Å²) in [6, 6.07) is 7.18. The molecular formula is C15H13ClN2O3S. The van der Waals surface area contributed by atoms with Crippen molar-refractivity contribution in [2.75, 3.05) is 12.4 Å². The van der Waals surface area contributed by atoms with Gasteiger partial charge in [0, 0.05) is 11.1 Å². The van der Waals surface area contributed by atoms with Crippen LogP contribution >= 0.6 is 22.9 Å². The van der Waals surface area contributed by atoms with Crippen LogP contribution in [0.1, 0.15) is 20.9 Å². The maximum absolute atomic E-state index is 11.9. The number of carbonyl (C=O) groups excluding carboxylic acids is 2. The van der Waals surface area contributed by atoms with E-state index in [1.54, 1.807) is 25.1 Å². The lowest BCUT2D eigenvalue weighted by Gasteiger charge is -1.97. The van der Waals surface area contributed by atoms with Crippen molar-refractivity contribution < 1.29 is 14.3 Å². The maximum atomic E-state index is 11.9. The topological polar surface area (TPSA) is 68.3 Å². The second-order valence-electron chi connectivity index (χ2n) is 4.27. The summed E-state index contributed by atoms with van der Waals surface area (Å²) in [5.74, 6) is -0.827. The number of benzene rings is 1. The van der Waals surface area contributed by atoms with E-state index in [1.165, 1.54) is 13.2 Å². The Kier molecular flexibility index (Phi) is 5.30. The van der Waals surface area contributed by atoms with Crippen LogP contribution in [0.5, 0.6) is 0 Å². The van der Waals surface area contributed by atoms with Crippen LogP contribution in [0.4, 0.5) is 5.13 Å². The molecule has 7 heteroatoms. The highest BCUT2D eigenvalue weighted by molar-refractivity contribution is 7.17. The Bertz CT molecular complexity index is 740. The van der Waals surface area contributed by atoms with Crippen LogP contribution in [0.2, 0.25) is 5.02 Å². The minimum atomic E-state index is -0.470. The number of esters is 1. The van der Waals surface area contributed by atoms with Gasteiger partial charge < -0.3 is 4.74 Å². The Morgan fingerprint density at radius 2 is 2.09 bits per heavy atom. The van der Waals surface area contributed by atoms with E-state index < -0.39 is 5.97 Å². The van der Waals surface area contributed by atoms with Gasteiger partial charge in [-0.25, -0.2) is 9.78 Å². The fourth-order valence-electron chi connectivity index (χ4n) is 1.65. The Balaban J connectivity index is 2.07. The Hall–Kier alpha value is -2.18. The molecule has 0 aliphatic carbocycles. The summed E-state index contributed by atoms with van der Waals surface area (Å²) in [7, 11) is 1.30. The number of anilines is 1. The zero-order chi connectivity index (χ0) is 16.1. The van der Waals surface area contributed by atoms with Gasteiger partial charge in [-0.1, -0.05) is 41.1 Å². The normalized spacial score (nSPS) is 10.7. The summed E-state index contributed by atoms with van der Waals surface area (Å²) in [5.41, 5.74) is 1.26. The SMILES string of the molecule is COC(=O)c1sc(NC(=O)C=Cc2ccccc2Cl)nc1C. The summed E-state index contributed by atoms with van der Waals surface area (Å²) in [6.07, 6.45) is 2.97. The van der Waals surface area contributed by atoms with Crippen molar-refractivity contribution in [1.82, 2.24) is 4.98 Å². The quantitative estimate of drug-likeness (QED) is 0.685. The molecule has 1 aromatic carbocycles. The second-order valence-corrected chi connectivity index (χ2v) is 5.68. The van der Waals surface area contributed by atoms with E-state index in [4.69, 9.17) is 11.6 Å². The molecule has 0 spiro atoms. The summed E-state index contributed by atoms with van der Waals surface area (Å²) in [6.45, 7) is 1.68. The van der Waals surface area contributed by atoms with Crippen LogP contribution in [0.3, 0.4) is 0 Å². The number of ether oxygens (including phenoxy) is 1. The number of hydrogen-bond donors (Lipinski definition) is 1. The summed E-state index contributed by atoms with van der Waals surface area (Å²) >= 11 is 7.07. The minimum absolute atomic E-state index is 0.340. The number of halogens is 1. The third-order valence-corrected chi connectivity index (χ3v) is 4.11. The fraction of sp³-hybridized carbons (Fsp3) is 0.133. The molecule has 1 heterocycles. The van der Waals surface area contributed by atoms with Gasteiger partial charge in [-0.05, 0) is 24.6 Å². The summed E-state index contributed by atoms with van der Waals surface area (Å²) in [5, 5.41) is 3.50. The van der Waals surface area contributed by atoms with Crippen molar-refractivity contribution in [2.24, 2.45) is 0 Å². The number of nitrogens with one attached hydrogen (secondary N) is 1. The molecule has 1 aromatic heterocycles. The van der Waals surface area contributed by atoms with Gasteiger partial charge in [0.05, 0.1) is 12.8 Å². The standard InChI is InChI=1S/C15H13ClN2O3S/c1-9-13(14(20)21-2)22-15(17-9)18-12(19)8-7-10-5-3-4-6-11(10)16/h3-8H,1-2H3,(H,17,18,19). The van der Waals surface area contributed by atoms with Crippen molar-refractivity contribution in [3.8, 4) is 0 Å². The number of carbonyl (C=O) groups is 2. The lowest BCUT2D eigenvalue weighted by atomic mass is 10.2. The predicted octanol–water partition coefficient (Wildman–Crippen LogP) is 3.54. The second kappa shape index (κ2) is 7.20. The highest BCUT2D eigenvalue weighted by Gasteiger charge is 2.16. The molecule has 0 saturated carbocycles. The van der Waals surface area contributed by atoms with Gasteiger partial charge in [0.25, 0.3) is 0 Å². The van der Waals surface area contributed by atoms with Gasteiger partial charge >= 0.3 is 5.97 Å². The van der Waals surface area contributed by atoms with Gasteiger partial charge in [0.1, 0.15) is 4.88 Å². The van der Waals surface area contributed by atoms with Gasteiger partial charge in [0.2, 0.25) is 5.91 Å². The maximum Gasteiger partial charge on any atom is 0.350 e. The molecular weight excluding hydrogens is 324 g/mol. The molecule has 1 N–H and O–H groups in total. The van der Waals surface area contributed by atoms with Gasteiger partial charge in [0.15, 0.2) is 5.13 Å². The highest BCUT2D eigenvalue weighted by atomic mass is 35.5. The van der Waals surface area contributed by atoms with E-state index in [9.17, 15) is 9.59 Å². The van der Waals surface area contributed by atoms with E-state index >= 15 is 0 Å². The first-order chi connectivity index (χ1) is 10.5. The monoisotopic (exact) mass is 336 g/mol. The van der Waals surface area contributed by atoms with Gasteiger partial charge in [-0.15, -0.1) is 0 Å². The van der Waals surface area contributed by atoms with Crippen LogP contribution in [-0.2, 0) is 9.53 Å². The Morgan fingerprint density at radius 3 is 2.77 bits per heavy atom. The number of rotatable bonds is 4. The van der Waals surface area contributed by atoms with Crippen LogP contribution in [0, 0.1) is 6.92 Å². The molecule has 0 bridgehead atoms. The van der Waals surface area contributed by atoms with E-state index in [2.05, 4.69) is 15.0 Å². The van der Waals surface area contributed by atoms with Crippen molar-refractivity contribution in [2.45, 2.75) is 6.92 Å². The largest absolute Gasteiger partial charge is 0.465 e. The third-order valence-electron chi connectivity index (χ3n) is 2.72. The number of aryl methyl sites for hydroxylation is 1. The number of thiazole rings is 1. The van der Waals surface area contributed by atoms with E-state index in [0.29, 0.717) is 20.7 Å². The van der Waals surface area contributed by atoms with E-state index in [1.807, 2.05) is 12.1 Å². The Morgan fingerprint density at radius 1 is 1.36 bits per heavy atom. The van der Waals surface area contributed by atoms with Crippen molar-refractivity contribution >= 4 is 46.0 Å². The molecule has 0 saturated heterocycles. The van der Waals surface area contributed by atoms with Gasteiger partial charge in [-0.3, -0.25) is 10.1 Å². The predicted molar refractivity (Wildman–Crippen MR) is 87.3 cm³/mol. The molecule has 114 valence electrons. The molecule has 1 amide bonds. The zero-order valence-electron chi connectivity index (χ0n) is 11.9. The third kappa shape index (κ3) is 3.93. The Labute approximate surface area is 136 Å². The van der Waals surface area contributed by atoms with Crippen molar-refractivity contribution in [3.63, 3.8) is 0 Å².